The van der Waals surface area contributed by atoms with E-state index in [1.54, 1.807) is 7.11 Å². The molecule has 1 aliphatic carbocycles. The van der Waals surface area contributed by atoms with Crippen molar-refractivity contribution in [2.45, 2.75) is 52.0 Å². The van der Waals surface area contributed by atoms with Crippen molar-refractivity contribution in [3.63, 3.8) is 0 Å². The van der Waals surface area contributed by atoms with E-state index in [2.05, 4.69) is 43.4 Å². The predicted octanol–water partition coefficient (Wildman–Crippen LogP) is 4.11. The van der Waals surface area contributed by atoms with Crippen molar-refractivity contribution in [3.8, 4) is 0 Å². The van der Waals surface area contributed by atoms with Crippen LogP contribution in [0.5, 0.6) is 0 Å². The molecule has 0 saturated heterocycles. The zero-order valence-corrected chi connectivity index (χ0v) is 13.2. The molecule has 1 fully saturated rings. The summed E-state index contributed by atoms with van der Waals surface area (Å²) >= 11 is 0. The molecule has 2 nitrogen and oxygen atoms in total. The number of methoxy groups -OCH3 is 1. The summed E-state index contributed by atoms with van der Waals surface area (Å²) < 4.78 is 5.22. The molecule has 1 aromatic carbocycles. The Balaban J connectivity index is 1.81. The van der Waals surface area contributed by atoms with Crippen molar-refractivity contribution in [3.05, 3.63) is 35.4 Å². The van der Waals surface area contributed by atoms with Gasteiger partial charge in [0.1, 0.15) is 0 Å². The van der Waals surface area contributed by atoms with Gasteiger partial charge in [0.2, 0.25) is 0 Å². The molecule has 0 heterocycles. The van der Waals surface area contributed by atoms with E-state index >= 15 is 0 Å². The smallest absolute Gasteiger partial charge is 0.0468 e. The largest absolute Gasteiger partial charge is 0.385 e. The summed E-state index contributed by atoms with van der Waals surface area (Å²) in [5.41, 5.74) is 3.36. The second-order valence-corrected chi connectivity index (χ2v) is 6.34. The minimum absolute atomic E-state index is 0.436. The third-order valence-electron chi connectivity index (χ3n) is 4.60. The van der Waals surface area contributed by atoms with E-state index in [9.17, 15) is 0 Å². The average molecular weight is 275 g/mol. The van der Waals surface area contributed by atoms with Crippen LogP contribution in [0.25, 0.3) is 0 Å². The number of hydrogen-bond acceptors (Lipinski definition) is 2. The van der Waals surface area contributed by atoms with Crippen LogP contribution in [0, 0.1) is 5.41 Å². The van der Waals surface area contributed by atoms with Crippen molar-refractivity contribution in [1.82, 2.24) is 5.32 Å². The van der Waals surface area contributed by atoms with Gasteiger partial charge in [0.15, 0.2) is 0 Å². The van der Waals surface area contributed by atoms with E-state index in [1.807, 2.05) is 0 Å². The Bertz CT molecular complexity index is 394. The number of hydrogen-bond donors (Lipinski definition) is 1. The van der Waals surface area contributed by atoms with Crippen LogP contribution < -0.4 is 5.32 Å². The molecule has 0 aliphatic heterocycles. The first-order valence-electron chi connectivity index (χ1n) is 8.00. The lowest BCUT2D eigenvalue weighted by Gasteiger charge is -2.20. The topological polar surface area (TPSA) is 21.3 Å². The second kappa shape index (κ2) is 7.24. The van der Waals surface area contributed by atoms with Gasteiger partial charge in [0.05, 0.1) is 0 Å². The molecule has 1 saturated carbocycles. The number of aryl methyl sites for hydroxylation is 1. The monoisotopic (exact) mass is 275 g/mol. The highest BCUT2D eigenvalue weighted by molar-refractivity contribution is 5.24. The van der Waals surface area contributed by atoms with Crippen LogP contribution in [-0.2, 0) is 11.2 Å². The Kier molecular flexibility index (Phi) is 5.62. The molecular weight excluding hydrogens is 246 g/mol. The average Bonchev–Trinajstić information content (AvgIpc) is 3.24. The van der Waals surface area contributed by atoms with Gasteiger partial charge >= 0.3 is 0 Å². The van der Waals surface area contributed by atoms with Crippen LogP contribution in [-0.4, -0.2) is 20.3 Å². The lowest BCUT2D eigenvalue weighted by molar-refractivity contribution is 0.170. The lowest BCUT2D eigenvalue weighted by Crippen LogP contribution is -2.27. The molecule has 0 spiro atoms. The molecule has 112 valence electrons. The second-order valence-electron chi connectivity index (χ2n) is 6.34. The Labute approximate surface area is 123 Å². The van der Waals surface area contributed by atoms with Crippen LogP contribution in [0.15, 0.2) is 24.3 Å². The SMILES string of the molecule is CCCc1ccc(C(C)NCC2(CCOC)CC2)cc1. The fraction of sp³-hybridized carbons (Fsp3) is 0.667. The van der Waals surface area contributed by atoms with E-state index in [4.69, 9.17) is 4.74 Å². The van der Waals surface area contributed by atoms with Crippen LogP contribution in [0.3, 0.4) is 0 Å². The number of nitrogens with one attached hydrogen (secondary N) is 1. The van der Waals surface area contributed by atoms with Crippen LogP contribution in [0.1, 0.15) is 56.7 Å². The molecule has 0 aromatic heterocycles. The number of benzene rings is 1. The standard InChI is InChI=1S/C18H29NO/c1-4-5-16-6-8-17(9-7-16)15(2)19-14-18(10-11-18)12-13-20-3/h6-9,15,19H,4-5,10-14H2,1-3H3. The summed E-state index contributed by atoms with van der Waals surface area (Å²) in [6, 6.07) is 9.53. The maximum absolute atomic E-state index is 5.22. The van der Waals surface area contributed by atoms with Gasteiger partial charge in [-0.1, -0.05) is 37.6 Å². The molecule has 2 rings (SSSR count). The van der Waals surface area contributed by atoms with Gasteiger partial charge in [0, 0.05) is 26.3 Å². The van der Waals surface area contributed by atoms with E-state index in [0.717, 1.165) is 13.2 Å². The van der Waals surface area contributed by atoms with Crippen molar-refractivity contribution in [2.24, 2.45) is 5.41 Å². The third kappa shape index (κ3) is 4.32. The maximum Gasteiger partial charge on any atom is 0.0468 e. The predicted molar refractivity (Wildman–Crippen MR) is 85.0 cm³/mol. The fourth-order valence-electron chi connectivity index (χ4n) is 2.76. The summed E-state index contributed by atoms with van der Waals surface area (Å²) in [6.07, 6.45) is 6.30. The first-order chi connectivity index (χ1) is 9.69. The molecule has 0 bridgehead atoms. The zero-order valence-electron chi connectivity index (χ0n) is 13.2. The molecule has 20 heavy (non-hydrogen) atoms. The van der Waals surface area contributed by atoms with Gasteiger partial charge in [-0.2, -0.15) is 0 Å². The minimum atomic E-state index is 0.436. The zero-order chi connectivity index (χ0) is 14.4. The summed E-state index contributed by atoms with van der Waals surface area (Å²) in [5.74, 6) is 0. The number of rotatable bonds is 9. The molecule has 1 aliphatic rings. The first kappa shape index (κ1) is 15.5. The normalized spacial score (nSPS) is 17.9. The summed E-state index contributed by atoms with van der Waals surface area (Å²) in [5, 5.41) is 3.71. The van der Waals surface area contributed by atoms with Crippen molar-refractivity contribution in [2.75, 3.05) is 20.3 Å². The molecule has 1 unspecified atom stereocenters. The lowest BCUT2D eigenvalue weighted by atomic mass is 10.0. The van der Waals surface area contributed by atoms with Crippen LogP contribution in [0.2, 0.25) is 0 Å². The molecule has 0 amide bonds. The number of ether oxygens (including phenoxy) is 1. The molecular formula is C18H29NO. The summed E-state index contributed by atoms with van der Waals surface area (Å²) in [6.45, 7) is 6.50. The van der Waals surface area contributed by atoms with Crippen molar-refractivity contribution < 1.29 is 4.74 Å². The Morgan fingerprint density at radius 1 is 1.25 bits per heavy atom. The first-order valence-corrected chi connectivity index (χ1v) is 8.00. The summed E-state index contributed by atoms with van der Waals surface area (Å²) in [7, 11) is 1.80. The van der Waals surface area contributed by atoms with Crippen LogP contribution in [0.4, 0.5) is 0 Å². The van der Waals surface area contributed by atoms with Crippen molar-refractivity contribution >= 4 is 0 Å². The molecule has 1 atom stereocenters. The minimum Gasteiger partial charge on any atom is -0.385 e. The molecule has 0 radical (unpaired) electrons. The highest BCUT2D eigenvalue weighted by atomic mass is 16.5. The highest BCUT2D eigenvalue weighted by Gasteiger charge is 2.41. The third-order valence-corrected chi connectivity index (χ3v) is 4.60. The quantitative estimate of drug-likeness (QED) is 0.732. The fourth-order valence-corrected chi connectivity index (χ4v) is 2.76. The van der Waals surface area contributed by atoms with E-state index in [0.29, 0.717) is 11.5 Å². The van der Waals surface area contributed by atoms with E-state index < -0.39 is 0 Å². The van der Waals surface area contributed by atoms with Gasteiger partial charge in [-0.15, -0.1) is 0 Å². The maximum atomic E-state index is 5.22. The van der Waals surface area contributed by atoms with E-state index in [1.165, 1.54) is 43.2 Å². The van der Waals surface area contributed by atoms with Gasteiger partial charge in [-0.05, 0) is 49.1 Å². The van der Waals surface area contributed by atoms with Gasteiger partial charge in [0.25, 0.3) is 0 Å². The Morgan fingerprint density at radius 2 is 1.95 bits per heavy atom. The van der Waals surface area contributed by atoms with Gasteiger partial charge < -0.3 is 10.1 Å². The molecule has 1 aromatic rings. The Morgan fingerprint density at radius 3 is 2.50 bits per heavy atom. The molecule has 1 N–H and O–H groups in total. The van der Waals surface area contributed by atoms with E-state index in [-0.39, 0.29) is 0 Å². The summed E-state index contributed by atoms with van der Waals surface area (Å²) in [4.78, 5) is 0. The van der Waals surface area contributed by atoms with Crippen molar-refractivity contribution in [1.29, 1.82) is 0 Å². The van der Waals surface area contributed by atoms with Gasteiger partial charge in [-0.25, -0.2) is 0 Å². The Hall–Kier alpha value is -0.860. The van der Waals surface area contributed by atoms with Crippen LogP contribution >= 0.6 is 0 Å². The molecule has 2 heteroatoms. The highest BCUT2D eigenvalue weighted by Crippen LogP contribution is 2.48. The van der Waals surface area contributed by atoms with Gasteiger partial charge in [-0.3, -0.25) is 0 Å².